The number of aliphatic hydroxyl groups is 1. The van der Waals surface area contributed by atoms with Crippen molar-refractivity contribution in [2.24, 2.45) is 0 Å². The minimum atomic E-state index is -5.74. The van der Waals surface area contributed by atoms with Gasteiger partial charge in [-0.2, -0.15) is 19.9 Å². The number of fused-ring (bicyclic) bond motifs is 8. The quantitative estimate of drug-likeness (QED) is 0.0232. The van der Waals surface area contributed by atoms with Gasteiger partial charge in [0.15, 0.2) is 61.9 Å². The maximum absolute atomic E-state index is 14.8. The maximum Gasteiger partial charge on any atom is 0.527 e. The number of aromatic nitrogens is 22. The second kappa shape index (κ2) is 38.4. The van der Waals surface area contributed by atoms with Crippen LogP contribution in [0.15, 0.2) is 115 Å². The standard InChI is InChI=1S/C73H81N27O38P6/c1-28-15-95(73(108)94-64(28)103)46-10-34(40(128-46)17-122-139(109,110)133-33-8-4-7-31-51(33)29-5-2-3-6-30(29)57(31)102)134-141(113,114)124-19-42-36(12-48(130-42)98-25-83-54-61(98)87-70(76)91-66(54)105)137-143(117,118)126-21-44-38(14-50(132-44)100-27-85-56-63(100)89-72(78)93-68(56)107)138-144(119,120)125-20-43-37(13-49(131-43)99-26-84-55-62(99)88-71(77)92-67(55)106)136-142(115,116)123-18-41-35(11-47(129-41)96-23-81-52-58(74)79-22-80-59(52)96)135-140(111,112)121-16-39-32(101)9-45(127-39)97-24-82-53-60(97)86-69(75)90-65(53)104/h2-8,15,22-27,32,34-50,101H,9-14,16-21H2,1H3,(H,109,110)(H,111,112)(H,113,114)(H,115,116)(H,117,118)(H,119,120)(H2,74,79,80)(H,94,103,108)(H3,75,86,90,104)(H3,76,87,91,105)(H3,77,88,92,106)(H3,78,89,93,107)/t32-,34-,35-,36-,37-,38-,39+,40+,41+,42+,43+,44+,45+,46+,47+,48+,49+,50+/m0/s1. The fourth-order valence-corrected chi connectivity index (χ4v) is 23.1. The Morgan fingerprint density at radius 2 is 0.674 bits per heavy atom. The molecule has 0 saturated carbocycles. The largest absolute Gasteiger partial charge is 0.527 e. The molecule has 71 heteroatoms. The topological polar surface area (TPSA) is 910 Å². The SMILES string of the molecule is Cc1cn([C@H]2C[C@H](OP(=O)(O)OC[C@H]3O[C@@H](n4cnc5c(=O)[nH]c(N)nc54)C[C@@H]3OP(=O)(O)OC[C@H]3O[C@@H](n4cnc5c(=O)[nH]c(N)nc54)C[C@@H]3OP(=O)(O)OC[C@H]3O[C@@H](n4cnc5c(=O)[nH]c(N)nc54)C[C@@H]3OP(=O)(O)OC[C@H]3O[C@@H](n4cnc5c(N)ncnc54)C[C@@H]3OP(=O)(O)OC[C@H]3O[C@@H](n4cnc5c(=O)[nH]c(N)nc54)C[C@@H]3O)[C@@H](COP(=O)(O)Oc3cccc4c3-c3ccccc3C4=O)O2)c(=O)[nH]c1=O. The molecule has 0 spiro atoms. The van der Waals surface area contributed by atoms with Gasteiger partial charge < -0.3 is 91.2 Å². The van der Waals surface area contributed by atoms with E-state index in [4.69, 9.17) is 111 Å². The smallest absolute Gasteiger partial charge is 0.403 e. The van der Waals surface area contributed by atoms with E-state index in [0.29, 0.717) is 5.56 Å². The first-order chi connectivity index (χ1) is 68.4. The molecule has 24 atom stereocenters. The van der Waals surface area contributed by atoms with E-state index in [-0.39, 0.29) is 102 Å². The van der Waals surface area contributed by atoms with Gasteiger partial charge in [-0.25, -0.2) is 67.1 Å². The first-order valence-corrected chi connectivity index (χ1v) is 51.8. The number of hydrogen-bond acceptors (Lipinski definition) is 48. The Bertz CT molecular complexity index is 7970. The summed E-state index contributed by atoms with van der Waals surface area (Å²) in [6.45, 7) is -5.02. The van der Waals surface area contributed by atoms with E-state index in [1.165, 1.54) is 46.9 Å². The third-order valence-corrected chi connectivity index (χ3v) is 29.9. The molecule has 6 unspecified atom stereocenters. The predicted molar refractivity (Wildman–Crippen MR) is 478 cm³/mol. The number of aromatic amines is 5. The summed E-state index contributed by atoms with van der Waals surface area (Å²) in [4.78, 5) is 218. The highest BCUT2D eigenvalue weighted by molar-refractivity contribution is 7.49. The van der Waals surface area contributed by atoms with Gasteiger partial charge in [0.2, 0.25) is 23.8 Å². The highest BCUT2D eigenvalue weighted by atomic mass is 31.2. The van der Waals surface area contributed by atoms with Gasteiger partial charge in [-0.3, -0.25) is 136 Å². The Balaban J connectivity index is 0.531. The predicted octanol–water partition coefficient (Wildman–Crippen LogP) is 0.133. The van der Waals surface area contributed by atoms with Crippen LogP contribution in [0.1, 0.15) is 97.4 Å². The summed E-state index contributed by atoms with van der Waals surface area (Å²) in [6.07, 6.45) is -23.7. The molecule has 6 fully saturated rings. The summed E-state index contributed by atoms with van der Waals surface area (Å²) in [6, 6.07) is 10.6. The van der Waals surface area contributed by atoms with Crippen LogP contribution in [0.2, 0.25) is 0 Å². The summed E-state index contributed by atoms with van der Waals surface area (Å²) in [5.74, 6) is -2.22. The van der Waals surface area contributed by atoms with Crippen molar-refractivity contribution in [2.45, 2.75) is 156 Å². The van der Waals surface area contributed by atoms with Crippen molar-refractivity contribution in [1.29, 1.82) is 0 Å². The minimum absolute atomic E-state index is 0.00702. The lowest BCUT2D eigenvalue weighted by Gasteiger charge is -2.26. The van der Waals surface area contributed by atoms with E-state index in [2.05, 4.69) is 79.7 Å². The van der Waals surface area contributed by atoms with Gasteiger partial charge in [0.05, 0.1) is 77.4 Å². The van der Waals surface area contributed by atoms with Crippen molar-refractivity contribution >= 4 is 138 Å². The summed E-state index contributed by atoms with van der Waals surface area (Å²) < 4.78 is 198. The Morgan fingerprint density at radius 1 is 0.361 bits per heavy atom. The first kappa shape index (κ1) is 99.3. The van der Waals surface area contributed by atoms with Gasteiger partial charge in [0.1, 0.15) is 122 Å². The highest BCUT2D eigenvalue weighted by Gasteiger charge is 2.53. The average molecular weight is 2130 g/mol. The number of imidazole rings is 5. The number of phosphoric ester groups is 6. The molecule has 0 radical (unpaired) electrons. The van der Waals surface area contributed by atoms with Crippen LogP contribution in [-0.2, 0) is 106 Å². The lowest BCUT2D eigenvalue weighted by Crippen LogP contribution is -2.33. The summed E-state index contributed by atoms with van der Waals surface area (Å²) >= 11 is 0. The normalized spacial score (nSPS) is 27.4. The molecule has 20 rings (SSSR count). The molecular formula is C73H81N27O38P6. The second-order valence-corrected chi connectivity index (χ2v) is 41.8. The number of rotatable bonds is 36. The number of phosphoric acid groups is 6. The Kier molecular flexibility index (Phi) is 26.5. The third-order valence-electron chi connectivity index (χ3n) is 24.0. The van der Waals surface area contributed by atoms with Crippen LogP contribution in [0.5, 0.6) is 5.75 Å². The molecule has 65 nitrogen and oxygen atoms in total. The monoisotopic (exact) mass is 2130 g/mol. The second-order valence-electron chi connectivity index (χ2n) is 33.4. The summed E-state index contributed by atoms with van der Waals surface area (Å²) in [5, 5.41) is 11.1. The molecule has 6 aliphatic heterocycles. The van der Waals surface area contributed by atoms with Crippen LogP contribution in [-0.4, -0.2) is 260 Å². The van der Waals surface area contributed by atoms with Gasteiger partial charge in [-0.15, -0.1) is 0 Å². The van der Waals surface area contributed by atoms with E-state index in [1.807, 2.05) is 0 Å². The van der Waals surface area contributed by atoms with Crippen molar-refractivity contribution in [2.75, 3.05) is 68.3 Å². The summed E-state index contributed by atoms with van der Waals surface area (Å²) in [7, 11) is -33.4. The van der Waals surface area contributed by atoms with Crippen LogP contribution in [0.25, 0.3) is 66.9 Å². The number of aliphatic hydroxyl groups excluding tert-OH is 1. The molecule has 2 aromatic carbocycles. The maximum atomic E-state index is 14.8. The number of benzene rings is 2. The van der Waals surface area contributed by atoms with E-state index in [1.54, 1.807) is 24.3 Å². The number of nitrogens with one attached hydrogen (secondary N) is 5. The number of carbonyl (C=O) groups is 1. The number of hydrogen-bond donors (Lipinski definition) is 17. The van der Waals surface area contributed by atoms with Crippen LogP contribution < -0.4 is 66.7 Å². The number of nitrogens with zero attached hydrogens (tertiary/aromatic N) is 17. The lowest BCUT2D eigenvalue weighted by molar-refractivity contribution is -0.0638. The number of nitrogens with two attached hydrogens (primary N) is 5. The van der Waals surface area contributed by atoms with Gasteiger partial charge in [-0.05, 0) is 18.6 Å². The summed E-state index contributed by atoms with van der Waals surface area (Å²) in [5.41, 5.74) is 24.1. The highest BCUT2D eigenvalue weighted by Crippen LogP contribution is 2.59. The molecule has 144 heavy (non-hydrogen) atoms. The third kappa shape index (κ3) is 20.3. The first-order valence-electron chi connectivity index (χ1n) is 42.9. The van der Waals surface area contributed by atoms with Crippen molar-refractivity contribution < 1.29 is 149 Å². The molecule has 17 heterocycles. The number of carbonyl (C=O) groups excluding carboxylic acids is 1. The number of ketones is 1. The van der Waals surface area contributed by atoms with Crippen molar-refractivity contribution in [1.82, 2.24) is 107 Å². The minimum Gasteiger partial charge on any atom is -0.403 e. The number of H-pyrrole nitrogens is 5. The van der Waals surface area contributed by atoms with E-state index >= 15 is 0 Å². The van der Waals surface area contributed by atoms with Gasteiger partial charge in [-0.1, -0.05) is 36.4 Å². The molecule has 11 aromatic heterocycles. The number of aryl methyl sites for hydroxylation is 1. The van der Waals surface area contributed by atoms with Crippen LogP contribution in [0.4, 0.5) is 29.6 Å². The Hall–Kier alpha value is -12.0. The fourth-order valence-electron chi connectivity index (χ4n) is 17.5. The zero-order chi connectivity index (χ0) is 101. The molecule has 766 valence electrons. The van der Waals surface area contributed by atoms with Crippen molar-refractivity contribution in [3.8, 4) is 16.9 Å². The molecule has 6 saturated heterocycles. The molecule has 22 N–H and O–H groups in total. The van der Waals surface area contributed by atoms with Crippen LogP contribution in [0.3, 0.4) is 0 Å². The average Bonchev–Trinajstić information content (AvgIpc) is 1.60. The number of anilines is 5. The van der Waals surface area contributed by atoms with Crippen LogP contribution >= 0.6 is 46.9 Å². The Labute approximate surface area is 798 Å². The molecule has 0 bridgehead atoms. The molecule has 13 aromatic rings. The van der Waals surface area contributed by atoms with Crippen molar-refractivity contribution in [3.05, 3.63) is 166 Å². The van der Waals surface area contributed by atoms with E-state index in [0.717, 1.165) is 49.8 Å². The number of nitrogen functional groups attached to an aromatic ring is 5. The van der Waals surface area contributed by atoms with Crippen molar-refractivity contribution in [3.63, 3.8) is 0 Å². The number of ether oxygens (including phenoxy) is 6. The lowest BCUT2D eigenvalue weighted by atomic mass is 10.1. The molecular weight excluding hydrogens is 2050 g/mol. The van der Waals surface area contributed by atoms with E-state index in [9.17, 15) is 95.4 Å². The zero-order valence-electron chi connectivity index (χ0n) is 73.4. The van der Waals surface area contributed by atoms with Gasteiger partial charge in [0, 0.05) is 67.0 Å². The van der Waals surface area contributed by atoms with Gasteiger partial charge in [0.25, 0.3) is 27.8 Å². The molecule has 1 aliphatic carbocycles. The molecule has 7 aliphatic rings. The Morgan fingerprint density at radius 3 is 1.05 bits per heavy atom. The van der Waals surface area contributed by atoms with Crippen LogP contribution in [0, 0.1) is 6.92 Å². The van der Waals surface area contributed by atoms with Gasteiger partial charge >= 0.3 is 52.6 Å². The zero-order valence-corrected chi connectivity index (χ0v) is 78.8. The fraction of sp³-hybridized carbons (Fsp3) is 0.425. The molecule has 0 amide bonds. The van der Waals surface area contributed by atoms with E-state index < -0.39 is 286 Å².